The average molecular weight is 279 g/mol. The van der Waals surface area contributed by atoms with Gasteiger partial charge in [-0.2, -0.15) is 0 Å². The molecule has 0 bridgehead atoms. The van der Waals surface area contributed by atoms with Crippen molar-refractivity contribution in [3.05, 3.63) is 30.1 Å². The molecule has 1 rings (SSSR count). The summed E-state index contributed by atoms with van der Waals surface area (Å²) in [7, 11) is 1.62. The molecule has 20 heavy (non-hydrogen) atoms. The Bertz CT molecular complexity index is 415. The van der Waals surface area contributed by atoms with Gasteiger partial charge in [-0.25, -0.2) is 0 Å². The van der Waals surface area contributed by atoms with Gasteiger partial charge in [0.15, 0.2) is 0 Å². The zero-order valence-electron chi connectivity index (χ0n) is 12.8. The van der Waals surface area contributed by atoms with Gasteiger partial charge < -0.3 is 15.4 Å². The van der Waals surface area contributed by atoms with Crippen molar-refractivity contribution in [3.63, 3.8) is 0 Å². The highest BCUT2D eigenvalue weighted by Crippen LogP contribution is 2.19. The van der Waals surface area contributed by atoms with Crippen molar-refractivity contribution < 1.29 is 9.53 Å². The number of carbonyl (C=O) groups is 1. The van der Waals surface area contributed by atoms with Gasteiger partial charge in [0.05, 0.1) is 24.9 Å². The van der Waals surface area contributed by atoms with Gasteiger partial charge in [0, 0.05) is 19.9 Å². The maximum absolute atomic E-state index is 12.5. The van der Waals surface area contributed by atoms with Crippen molar-refractivity contribution in [2.24, 2.45) is 11.1 Å². The lowest BCUT2D eigenvalue weighted by molar-refractivity contribution is -0.136. The molecule has 0 aromatic carbocycles. The molecule has 0 saturated heterocycles. The second-order valence-corrected chi connectivity index (χ2v) is 5.92. The van der Waals surface area contributed by atoms with Crippen LogP contribution < -0.4 is 5.73 Å². The highest BCUT2D eigenvalue weighted by molar-refractivity contribution is 5.82. The van der Waals surface area contributed by atoms with Crippen LogP contribution in [0.25, 0.3) is 0 Å². The second kappa shape index (κ2) is 7.36. The lowest BCUT2D eigenvalue weighted by Gasteiger charge is -2.31. The fraction of sp³-hybridized carbons (Fsp3) is 0.600. The van der Waals surface area contributed by atoms with Crippen molar-refractivity contribution in [1.29, 1.82) is 0 Å². The smallest absolute Gasteiger partial charge is 0.240 e. The van der Waals surface area contributed by atoms with Crippen LogP contribution in [0.1, 0.15) is 26.5 Å². The summed E-state index contributed by atoms with van der Waals surface area (Å²) >= 11 is 0. The number of amides is 1. The van der Waals surface area contributed by atoms with Crippen LogP contribution in [0, 0.1) is 5.41 Å². The van der Waals surface area contributed by atoms with Gasteiger partial charge in [-0.15, -0.1) is 0 Å². The molecular weight excluding hydrogens is 254 g/mol. The van der Waals surface area contributed by atoms with Crippen molar-refractivity contribution in [1.82, 2.24) is 9.88 Å². The van der Waals surface area contributed by atoms with Crippen LogP contribution in [0.4, 0.5) is 0 Å². The predicted molar refractivity (Wildman–Crippen MR) is 79.0 cm³/mol. The second-order valence-electron chi connectivity index (χ2n) is 5.92. The molecule has 0 fully saturated rings. The molecule has 0 saturated carbocycles. The van der Waals surface area contributed by atoms with E-state index in [1.165, 1.54) is 0 Å². The molecule has 1 aromatic heterocycles. The van der Waals surface area contributed by atoms with Gasteiger partial charge in [0.1, 0.15) is 0 Å². The van der Waals surface area contributed by atoms with Crippen molar-refractivity contribution in [3.8, 4) is 0 Å². The summed E-state index contributed by atoms with van der Waals surface area (Å²) in [4.78, 5) is 18.5. The highest BCUT2D eigenvalue weighted by Gasteiger charge is 2.31. The summed E-state index contributed by atoms with van der Waals surface area (Å²) < 4.78 is 5.07. The number of hydrogen-bond donors (Lipinski definition) is 1. The van der Waals surface area contributed by atoms with E-state index in [-0.39, 0.29) is 11.3 Å². The van der Waals surface area contributed by atoms with Crippen LogP contribution in [-0.2, 0) is 16.1 Å². The quantitative estimate of drug-likeness (QED) is 0.855. The Morgan fingerprint density at radius 2 is 2.15 bits per heavy atom. The van der Waals surface area contributed by atoms with Crippen LogP contribution in [0.2, 0.25) is 0 Å². The van der Waals surface area contributed by atoms with E-state index in [4.69, 9.17) is 10.5 Å². The minimum absolute atomic E-state index is 0.0693. The summed E-state index contributed by atoms with van der Waals surface area (Å²) in [5.41, 5.74) is 6.64. The first-order chi connectivity index (χ1) is 9.36. The Morgan fingerprint density at radius 3 is 2.65 bits per heavy atom. The fourth-order valence-electron chi connectivity index (χ4n) is 1.72. The number of ether oxygens (including phenoxy) is 1. The lowest BCUT2D eigenvalue weighted by Crippen LogP contribution is -2.50. The van der Waals surface area contributed by atoms with Crippen LogP contribution in [-0.4, -0.2) is 42.1 Å². The minimum atomic E-state index is -0.539. The summed E-state index contributed by atoms with van der Waals surface area (Å²) in [6, 6.07) is 5.12. The van der Waals surface area contributed by atoms with E-state index in [1.807, 2.05) is 39.0 Å². The topological polar surface area (TPSA) is 68.5 Å². The third kappa shape index (κ3) is 4.90. The SMILES string of the molecule is COCCN(Cc1ccccn1)C(=O)[C@@H](N)C(C)(C)C. The molecule has 0 aliphatic rings. The lowest BCUT2D eigenvalue weighted by atomic mass is 9.86. The number of methoxy groups -OCH3 is 1. The Labute approximate surface area is 121 Å². The number of hydrogen-bond acceptors (Lipinski definition) is 4. The zero-order chi connectivity index (χ0) is 15.2. The molecule has 0 unspecified atom stereocenters. The van der Waals surface area contributed by atoms with Gasteiger partial charge in [-0.05, 0) is 17.5 Å². The molecule has 5 heteroatoms. The first-order valence-electron chi connectivity index (χ1n) is 6.79. The Morgan fingerprint density at radius 1 is 1.45 bits per heavy atom. The molecule has 1 aromatic rings. The van der Waals surface area contributed by atoms with E-state index in [0.717, 1.165) is 5.69 Å². The molecule has 5 nitrogen and oxygen atoms in total. The van der Waals surface area contributed by atoms with E-state index < -0.39 is 6.04 Å². The van der Waals surface area contributed by atoms with Crippen LogP contribution >= 0.6 is 0 Å². The minimum Gasteiger partial charge on any atom is -0.383 e. The number of nitrogens with two attached hydrogens (primary N) is 1. The molecule has 2 N–H and O–H groups in total. The molecule has 1 heterocycles. The monoisotopic (exact) mass is 279 g/mol. The maximum Gasteiger partial charge on any atom is 0.240 e. The molecule has 0 radical (unpaired) electrons. The van der Waals surface area contributed by atoms with E-state index in [9.17, 15) is 4.79 Å². The summed E-state index contributed by atoms with van der Waals surface area (Å²) in [5.74, 6) is -0.0693. The molecule has 1 amide bonds. The van der Waals surface area contributed by atoms with Crippen LogP contribution in [0.5, 0.6) is 0 Å². The Kier molecular flexibility index (Phi) is 6.10. The predicted octanol–water partition coefficient (Wildman–Crippen LogP) is 1.43. The Hall–Kier alpha value is -1.46. The number of carbonyl (C=O) groups excluding carboxylic acids is 1. The summed E-state index contributed by atoms with van der Waals surface area (Å²) in [6.45, 7) is 7.33. The van der Waals surface area contributed by atoms with Gasteiger partial charge in [0.25, 0.3) is 0 Å². The molecule has 112 valence electrons. The van der Waals surface area contributed by atoms with Crippen molar-refractivity contribution >= 4 is 5.91 Å². The summed E-state index contributed by atoms with van der Waals surface area (Å²) in [5, 5.41) is 0. The number of rotatable bonds is 6. The molecule has 1 atom stereocenters. The van der Waals surface area contributed by atoms with Crippen LogP contribution in [0.3, 0.4) is 0 Å². The third-order valence-electron chi connectivity index (χ3n) is 3.16. The number of aromatic nitrogens is 1. The van der Waals surface area contributed by atoms with Gasteiger partial charge in [0.2, 0.25) is 5.91 Å². The fourth-order valence-corrected chi connectivity index (χ4v) is 1.72. The first kappa shape index (κ1) is 16.6. The van der Waals surface area contributed by atoms with Crippen molar-refractivity contribution in [2.45, 2.75) is 33.4 Å². The van der Waals surface area contributed by atoms with E-state index >= 15 is 0 Å². The van der Waals surface area contributed by atoms with E-state index in [2.05, 4.69) is 4.98 Å². The molecular formula is C15H25N3O2. The van der Waals surface area contributed by atoms with Crippen LogP contribution in [0.15, 0.2) is 24.4 Å². The Balaban J connectivity index is 2.81. The molecule has 0 spiro atoms. The standard InChI is InChI=1S/C15H25N3O2/c1-15(2,3)13(16)14(19)18(9-10-20-4)11-12-7-5-6-8-17-12/h5-8,13H,9-11,16H2,1-4H3/t13-/m1/s1. The van der Waals surface area contributed by atoms with Gasteiger partial charge in [-0.1, -0.05) is 26.8 Å². The van der Waals surface area contributed by atoms with Gasteiger partial charge >= 0.3 is 0 Å². The maximum atomic E-state index is 12.5. The normalized spacial score (nSPS) is 13.1. The highest BCUT2D eigenvalue weighted by atomic mass is 16.5. The van der Waals surface area contributed by atoms with E-state index in [1.54, 1.807) is 18.2 Å². The third-order valence-corrected chi connectivity index (χ3v) is 3.16. The largest absolute Gasteiger partial charge is 0.383 e. The van der Waals surface area contributed by atoms with E-state index in [0.29, 0.717) is 19.7 Å². The van der Waals surface area contributed by atoms with Crippen molar-refractivity contribution in [2.75, 3.05) is 20.3 Å². The number of nitrogens with zero attached hydrogens (tertiary/aromatic N) is 2. The van der Waals surface area contributed by atoms with Gasteiger partial charge in [-0.3, -0.25) is 9.78 Å². The average Bonchev–Trinajstić information content (AvgIpc) is 2.42. The zero-order valence-corrected chi connectivity index (χ0v) is 12.8. The number of pyridine rings is 1. The molecule has 0 aliphatic carbocycles. The first-order valence-corrected chi connectivity index (χ1v) is 6.79. The summed E-state index contributed by atoms with van der Waals surface area (Å²) in [6.07, 6.45) is 1.72. The molecule has 0 aliphatic heterocycles.